The smallest absolute Gasteiger partial charge is 0.239 e. The summed E-state index contributed by atoms with van der Waals surface area (Å²) < 4.78 is 0. The molecule has 0 spiro atoms. The highest BCUT2D eigenvalue weighted by Crippen LogP contribution is 2.31. The second kappa shape index (κ2) is 7.34. The molecule has 1 atom stereocenters. The van der Waals surface area contributed by atoms with Crippen molar-refractivity contribution >= 4 is 11.8 Å². The van der Waals surface area contributed by atoms with E-state index in [1.165, 1.54) is 5.56 Å². The van der Waals surface area contributed by atoms with E-state index in [4.69, 9.17) is 5.73 Å². The van der Waals surface area contributed by atoms with Crippen molar-refractivity contribution in [3.8, 4) is 0 Å². The first-order chi connectivity index (χ1) is 11.6. The Balaban J connectivity index is 1.59. The first kappa shape index (κ1) is 17.0. The zero-order valence-electron chi connectivity index (χ0n) is 14.4. The minimum absolute atomic E-state index is 0.00997. The van der Waals surface area contributed by atoms with Crippen molar-refractivity contribution in [1.82, 2.24) is 9.80 Å². The maximum Gasteiger partial charge on any atom is 0.239 e. The topological polar surface area (TPSA) is 66.6 Å². The van der Waals surface area contributed by atoms with Gasteiger partial charge in [-0.05, 0) is 38.2 Å². The van der Waals surface area contributed by atoms with Gasteiger partial charge in [0.15, 0.2) is 0 Å². The molecule has 1 heterocycles. The van der Waals surface area contributed by atoms with E-state index in [0.717, 1.165) is 25.7 Å². The number of rotatable bonds is 5. The molecule has 0 unspecified atom stereocenters. The number of hydrogen-bond donors (Lipinski definition) is 1. The predicted octanol–water partition coefficient (Wildman–Crippen LogP) is 1.76. The van der Waals surface area contributed by atoms with Gasteiger partial charge in [0.25, 0.3) is 0 Å². The number of amides is 2. The zero-order valence-corrected chi connectivity index (χ0v) is 14.4. The number of hydrogen-bond acceptors (Lipinski definition) is 3. The van der Waals surface area contributed by atoms with Crippen LogP contribution in [0.25, 0.3) is 0 Å². The Morgan fingerprint density at radius 2 is 1.79 bits per heavy atom. The van der Waals surface area contributed by atoms with E-state index in [1.807, 2.05) is 18.2 Å². The van der Waals surface area contributed by atoms with Crippen LogP contribution < -0.4 is 5.73 Å². The summed E-state index contributed by atoms with van der Waals surface area (Å²) in [5.74, 6) is 0.282. The number of nitrogens with two attached hydrogens (primary N) is 1. The molecule has 5 nitrogen and oxygen atoms in total. The molecule has 1 saturated carbocycles. The number of carbonyl (C=O) groups is 2. The molecule has 2 amide bonds. The summed E-state index contributed by atoms with van der Waals surface area (Å²) in [5, 5.41) is 0. The summed E-state index contributed by atoms with van der Waals surface area (Å²) in [7, 11) is 0. The van der Waals surface area contributed by atoms with Gasteiger partial charge < -0.3 is 15.5 Å². The molecule has 1 aliphatic carbocycles. The van der Waals surface area contributed by atoms with Gasteiger partial charge in [-0.3, -0.25) is 9.59 Å². The molecule has 1 aliphatic heterocycles. The quantitative estimate of drug-likeness (QED) is 0.895. The summed E-state index contributed by atoms with van der Waals surface area (Å²) in [6, 6.07) is 10.1. The van der Waals surface area contributed by atoms with Crippen LogP contribution in [-0.4, -0.2) is 46.8 Å². The van der Waals surface area contributed by atoms with Crippen molar-refractivity contribution in [2.24, 2.45) is 11.7 Å². The molecule has 3 rings (SSSR count). The molecule has 2 N–H and O–H groups in total. The third-order valence-electron chi connectivity index (χ3n) is 5.01. The molecule has 2 fully saturated rings. The molecule has 2 aliphatic rings. The van der Waals surface area contributed by atoms with Gasteiger partial charge in [0.2, 0.25) is 11.8 Å². The van der Waals surface area contributed by atoms with E-state index in [-0.39, 0.29) is 17.7 Å². The molecule has 5 heteroatoms. The predicted molar refractivity (Wildman–Crippen MR) is 93.0 cm³/mol. The Hall–Kier alpha value is -1.88. The lowest BCUT2D eigenvalue weighted by molar-refractivity contribution is -0.142. The van der Waals surface area contributed by atoms with E-state index in [1.54, 1.807) is 11.8 Å². The molecule has 1 saturated heterocycles. The van der Waals surface area contributed by atoms with Crippen LogP contribution in [0.1, 0.15) is 38.2 Å². The largest absolute Gasteiger partial charge is 0.341 e. The van der Waals surface area contributed by atoms with Crippen molar-refractivity contribution in [3.63, 3.8) is 0 Å². The van der Waals surface area contributed by atoms with Crippen molar-refractivity contribution in [2.75, 3.05) is 13.1 Å². The molecular weight excluding hydrogens is 302 g/mol. The Kier molecular flexibility index (Phi) is 5.19. The van der Waals surface area contributed by atoms with E-state index < -0.39 is 6.04 Å². The first-order valence-electron chi connectivity index (χ1n) is 8.95. The Bertz CT molecular complexity index is 576. The van der Waals surface area contributed by atoms with Gasteiger partial charge in [0.1, 0.15) is 0 Å². The maximum atomic E-state index is 13.0. The van der Waals surface area contributed by atoms with E-state index in [2.05, 4.69) is 17.0 Å². The third-order valence-corrected chi connectivity index (χ3v) is 5.01. The highest BCUT2D eigenvalue weighted by molar-refractivity contribution is 5.82. The fraction of sp³-hybridized carbons (Fsp3) is 0.579. The monoisotopic (exact) mass is 329 g/mol. The van der Waals surface area contributed by atoms with E-state index >= 15 is 0 Å². The lowest BCUT2D eigenvalue weighted by Crippen LogP contribution is -2.48. The SMILES string of the molecule is C[C@@H](N)C(=O)N1CCC(C(=O)N(Cc2ccccc2)C2CC2)CC1. The molecule has 1 aromatic rings. The lowest BCUT2D eigenvalue weighted by Gasteiger charge is -2.35. The van der Waals surface area contributed by atoms with Gasteiger partial charge in [-0.1, -0.05) is 30.3 Å². The van der Waals surface area contributed by atoms with Gasteiger partial charge >= 0.3 is 0 Å². The first-order valence-corrected chi connectivity index (χ1v) is 8.95. The molecule has 0 radical (unpaired) electrons. The summed E-state index contributed by atoms with van der Waals surface area (Å²) in [4.78, 5) is 28.8. The van der Waals surface area contributed by atoms with Crippen LogP contribution in [-0.2, 0) is 16.1 Å². The maximum absolute atomic E-state index is 13.0. The molecule has 130 valence electrons. The van der Waals surface area contributed by atoms with Gasteiger partial charge in [0.05, 0.1) is 6.04 Å². The molecule has 24 heavy (non-hydrogen) atoms. The van der Waals surface area contributed by atoms with Crippen LogP contribution in [0, 0.1) is 5.92 Å². The number of nitrogens with zero attached hydrogens (tertiary/aromatic N) is 2. The Labute approximate surface area is 143 Å². The summed E-state index contributed by atoms with van der Waals surface area (Å²) in [6.07, 6.45) is 3.71. The van der Waals surface area contributed by atoms with Crippen LogP contribution >= 0.6 is 0 Å². The number of likely N-dealkylation sites (tertiary alicyclic amines) is 1. The number of piperidine rings is 1. The van der Waals surface area contributed by atoms with Crippen LogP contribution in [0.5, 0.6) is 0 Å². The molecule has 1 aromatic carbocycles. The summed E-state index contributed by atoms with van der Waals surface area (Å²) in [5.41, 5.74) is 6.86. The highest BCUT2D eigenvalue weighted by Gasteiger charge is 2.37. The van der Waals surface area contributed by atoms with Crippen molar-refractivity contribution in [1.29, 1.82) is 0 Å². The van der Waals surface area contributed by atoms with Gasteiger partial charge in [-0.15, -0.1) is 0 Å². The van der Waals surface area contributed by atoms with Crippen molar-refractivity contribution < 1.29 is 9.59 Å². The van der Waals surface area contributed by atoms with Crippen molar-refractivity contribution in [3.05, 3.63) is 35.9 Å². The van der Waals surface area contributed by atoms with Gasteiger partial charge in [-0.2, -0.15) is 0 Å². The van der Waals surface area contributed by atoms with Crippen LogP contribution in [0.4, 0.5) is 0 Å². The highest BCUT2D eigenvalue weighted by atomic mass is 16.2. The second-order valence-electron chi connectivity index (χ2n) is 7.07. The van der Waals surface area contributed by atoms with Crippen LogP contribution in [0.3, 0.4) is 0 Å². The summed E-state index contributed by atoms with van der Waals surface area (Å²) in [6.45, 7) is 3.69. The van der Waals surface area contributed by atoms with Gasteiger partial charge in [0, 0.05) is 31.6 Å². The Morgan fingerprint density at radius 1 is 1.17 bits per heavy atom. The van der Waals surface area contributed by atoms with E-state index in [9.17, 15) is 9.59 Å². The normalized spacial score (nSPS) is 19.8. The zero-order chi connectivity index (χ0) is 17.1. The lowest BCUT2D eigenvalue weighted by atomic mass is 9.94. The average Bonchev–Trinajstić information content (AvgIpc) is 3.44. The van der Waals surface area contributed by atoms with E-state index in [0.29, 0.717) is 25.7 Å². The standard InChI is InChI=1S/C19H27N3O2/c1-14(20)18(23)21-11-9-16(10-12-21)19(24)22(17-7-8-17)13-15-5-3-2-4-6-15/h2-6,14,16-17H,7-13,20H2,1H3/t14-/m1/s1. The fourth-order valence-corrected chi connectivity index (χ4v) is 3.42. The molecule has 0 bridgehead atoms. The minimum Gasteiger partial charge on any atom is -0.341 e. The van der Waals surface area contributed by atoms with Crippen molar-refractivity contribution in [2.45, 2.75) is 51.2 Å². The molecule has 0 aromatic heterocycles. The number of carbonyl (C=O) groups excluding carboxylic acids is 2. The Morgan fingerprint density at radius 3 is 2.33 bits per heavy atom. The summed E-state index contributed by atoms with van der Waals surface area (Å²) >= 11 is 0. The minimum atomic E-state index is -0.460. The fourth-order valence-electron chi connectivity index (χ4n) is 3.42. The number of benzene rings is 1. The average molecular weight is 329 g/mol. The van der Waals surface area contributed by atoms with Crippen LogP contribution in [0.2, 0.25) is 0 Å². The van der Waals surface area contributed by atoms with Gasteiger partial charge in [-0.25, -0.2) is 0 Å². The third kappa shape index (κ3) is 3.96. The molecular formula is C19H27N3O2. The van der Waals surface area contributed by atoms with Crippen LogP contribution in [0.15, 0.2) is 30.3 Å². The second-order valence-corrected chi connectivity index (χ2v) is 7.07.